The van der Waals surface area contributed by atoms with Crippen LogP contribution in [0.25, 0.3) is 22.4 Å². The third kappa shape index (κ3) is 4.93. The highest BCUT2D eigenvalue weighted by Gasteiger charge is 2.18. The van der Waals surface area contributed by atoms with Crippen LogP contribution in [0.1, 0.15) is 31.0 Å². The van der Waals surface area contributed by atoms with Crippen LogP contribution in [0.5, 0.6) is 0 Å². The van der Waals surface area contributed by atoms with Crippen molar-refractivity contribution in [1.29, 1.82) is 0 Å². The van der Waals surface area contributed by atoms with E-state index in [1.807, 2.05) is 80.8 Å². The zero-order valence-electron chi connectivity index (χ0n) is 20.6. The molecule has 0 aliphatic heterocycles. The van der Waals surface area contributed by atoms with Crippen LogP contribution in [-0.2, 0) is 0 Å². The van der Waals surface area contributed by atoms with Crippen LogP contribution >= 0.6 is 11.8 Å². The maximum absolute atomic E-state index is 15.5. The van der Waals surface area contributed by atoms with Crippen molar-refractivity contribution in [2.24, 2.45) is 4.99 Å². The molecule has 8 heteroatoms. The number of halogens is 1. The maximum atomic E-state index is 15.5. The first-order valence-corrected chi connectivity index (χ1v) is 13.0. The van der Waals surface area contributed by atoms with Crippen molar-refractivity contribution in [2.45, 2.75) is 25.0 Å². The highest BCUT2D eigenvalue weighted by Crippen LogP contribution is 2.27. The quantitative estimate of drug-likeness (QED) is 0.149. The molecule has 0 radical (unpaired) electrons. The lowest BCUT2D eigenvalue weighted by atomic mass is 10.0. The number of hydrogen-bond donors (Lipinski definition) is 0. The fourth-order valence-corrected chi connectivity index (χ4v) is 4.44. The van der Waals surface area contributed by atoms with Crippen molar-refractivity contribution in [3.63, 3.8) is 0 Å². The molecule has 37 heavy (non-hydrogen) atoms. The summed E-state index contributed by atoms with van der Waals surface area (Å²) in [6, 6.07) is 23.7. The minimum atomic E-state index is -0.548. The maximum Gasteiger partial charge on any atom is 0.278 e. The molecule has 0 saturated carbocycles. The van der Waals surface area contributed by atoms with Gasteiger partial charge in [0.1, 0.15) is 17.0 Å². The zero-order chi connectivity index (χ0) is 25.9. The summed E-state index contributed by atoms with van der Waals surface area (Å²) >= 11 is 1.39. The van der Waals surface area contributed by atoms with E-state index < -0.39 is 5.82 Å². The summed E-state index contributed by atoms with van der Waals surface area (Å²) in [5.41, 5.74) is 3.67. The van der Waals surface area contributed by atoms with Crippen LogP contribution in [0.3, 0.4) is 0 Å². The number of aliphatic imine (C=N–C) groups is 1. The van der Waals surface area contributed by atoms with Gasteiger partial charge in [0.25, 0.3) is 5.56 Å². The van der Waals surface area contributed by atoms with Crippen molar-refractivity contribution >= 4 is 34.3 Å². The molecule has 0 unspecified atom stereocenters. The molecular formula is C29H24FN5OS. The van der Waals surface area contributed by atoms with Crippen LogP contribution < -0.4 is 5.56 Å². The van der Waals surface area contributed by atoms with E-state index in [9.17, 15) is 4.79 Å². The first kappa shape index (κ1) is 24.5. The van der Waals surface area contributed by atoms with Gasteiger partial charge in [0.05, 0.1) is 17.6 Å². The van der Waals surface area contributed by atoms with Crippen LogP contribution in [0.15, 0.2) is 100 Å². The summed E-state index contributed by atoms with van der Waals surface area (Å²) in [6.07, 6.45) is 3.46. The van der Waals surface area contributed by atoms with E-state index in [4.69, 9.17) is 0 Å². The van der Waals surface area contributed by atoms with E-state index in [-0.39, 0.29) is 23.0 Å². The van der Waals surface area contributed by atoms with Crippen molar-refractivity contribution in [1.82, 2.24) is 19.5 Å². The fourth-order valence-electron chi connectivity index (χ4n) is 4.10. The van der Waals surface area contributed by atoms with E-state index in [1.165, 1.54) is 17.8 Å². The summed E-state index contributed by atoms with van der Waals surface area (Å²) in [4.78, 5) is 31.4. The number of nitrogens with zero attached hydrogens (tertiary/aromatic N) is 5. The molecule has 3 aromatic carbocycles. The van der Waals surface area contributed by atoms with Crippen LogP contribution in [-0.4, -0.2) is 31.5 Å². The van der Waals surface area contributed by atoms with Crippen LogP contribution in [0, 0.1) is 5.82 Å². The molecule has 0 atom stereocenters. The molecule has 5 rings (SSSR count). The first-order chi connectivity index (χ1) is 18.0. The summed E-state index contributed by atoms with van der Waals surface area (Å²) in [5, 5.41) is 0.553. The Balaban J connectivity index is 1.64. The highest BCUT2D eigenvalue weighted by molar-refractivity contribution is 7.98. The van der Waals surface area contributed by atoms with Crippen molar-refractivity contribution in [2.75, 3.05) is 6.26 Å². The van der Waals surface area contributed by atoms with Gasteiger partial charge in [-0.15, -0.1) is 0 Å². The zero-order valence-corrected chi connectivity index (χ0v) is 21.4. The number of benzene rings is 3. The Kier molecular flexibility index (Phi) is 6.92. The first-order valence-electron chi connectivity index (χ1n) is 11.8. The fraction of sp³-hybridized carbons (Fsp3) is 0.138. The van der Waals surface area contributed by atoms with Crippen molar-refractivity contribution in [3.05, 3.63) is 112 Å². The molecule has 0 N–H and O–H groups in total. The lowest BCUT2D eigenvalue weighted by Crippen LogP contribution is -2.26. The third-order valence-electron chi connectivity index (χ3n) is 5.86. The summed E-state index contributed by atoms with van der Waals surface area (Å²) in [7, 11) is 0. The molecular weight excluding hydrogens is 485 g/mol. The Bertz CT molecular complexity index is 1630. The summed E-state index contributed by atoms with van der Waals surface area (Å²) < 4.78 is 17.0. The second-order valence-electron chi connectivity index (χ2n) is 8.65. The van der Waals surface area contributed by atoms with Gasteiger partial charge in [-0.2, -0.15) is 0 Å². The number of hydrogen-bond acceptors (Lipinski definition) is 6. The standard InChI is InChI=1S/C29H24FN5OS/c1-18(2)35-27-24(17-31-29(34-27)37-3)33-26(28(35)36)21-14-15-23(22(30)16-21)32-25(19-10-6-4-7-11-19)20-12-8-5-9-13-20/h4-18H,1-3H3. The lowest BCUT2D eigenvalue weighted by Gasteiger charge is -2.15. The van der Waals surface area contributed by atoms with Gasteiger partial charge in [0.2, 0.25) is 0 Å². The topological polar surface area (TPSA) is 73.0 Å². The predicted octanol–water partition coefficient (Wildman–Crippen LogP) is 6.46. The van der Waals surface area contributed by atoms with Crippen molar-refractivity contribution in [3.8, 4) is 11.3 Å². The number of fused-ring (bicyclic) bond motifs is 1. The monoisotopic (exact) mass is 509 g/mol. The molecule has 0 aliphatic carbocycles. The third-order valence-corrected chi connectivity index (χ3v) is 6.42. The van der Waals surface area contributed by atoms with E-state index in [1.54, 1.807) is 22.9 Å². The number of aromatic nitrogens is 4. The minimum Gasteiger partial charge on any atom is -0.287 e. The molecule has 6 nitrogen and oxygen atoms in total. The van der Waals surface area contributed by atoms with E-state index >= 15 is 4.39 Å². The molecule has 0 spiro atoms. The second kappa shape index (κ2) is 10.4. The molecule has 0 saturated heterocycles. The van der Waals surface area contributed by atoms with E-state index in [2.05, 4.69) is 19.9 Å². The Morgan fingerprint density at radius 2 is 1.59 bits per heavy atom. The number of thioether (sulfide) groups is 1. The average molecular weight is 510 g/mol. The summed E-state index contributed by atoms with van der Waals surface area (Å²) in [6.45, 7) is 3.80. The van der Waals surface area contributed by atoms with Crippen LogP contribution in [0.2, 0.25) is 0 Å². The molecule has 5 aromatic rings. The smallest absolute Gasteiger partial charge is 0.278 e. The molecule has 2 aromatic heterocycles. The average Bonchev–Trinajstić information content (AvgIpc) is 2.92. The molecule has 0 aliphatic rings. The van der Waals surface area contributed by atoms with Gasteiger partial charge in [-0.1, -0.05) is 78.5 Å². The van der Waals surface area contributed by atoms with Gasteiger partial charge < -0.3 is 0 Å². The highest BCUT2D eigenvalue weighted by atomic mass is 32.2. The Hall–Kier alpha value is -4.17. The molecule has 2 heterocycles. The van der Waals surface area contributed by atoms with Gasteiger partial charge in [0, 0.05) is 22.7 Å². The Morgan fingerprint density at radius 1 is 0.946 bits per heavy atom. The van der Waals surface area contributed by atoms with Gasteiger partial charge in [-0.25, -0.2) is 24.3 Å². The minimum absolute atomic E-state index is 0.141. The number of rotatable bonds is 6. The van der Waals surface area contributed by atoms with E-state index in [0.717, 1.165) is 11.1 Å². The van der Waals surface area contributed by atoms with Gasteiger partial charge in [-0.3, -0.25) is 9.36 Å². The molecule has 0 amide bonds. The van der Waals surface area contributed by atoms with E-state index in [0.29, 0.717) is 27.6 Å². The van der Waals surface area contributed by atoms with Gasteiger partial charge in [0.15, 0.2) is 10.8 Å². The van der Waals surface area contributed by atoms with Gasteiger partial charge in [-0.05, 0) is 32.2 Å². The normalized spacial score (nSPS) is 11.2. The lowest BCUT2D eigenvalue weighted by molar-refractivity contribution is 0.590. The Labute approximate surface area is 218 Å². The predicted molar refractivity (Wildman–Crippen MR) is 147 cm³/mol. The van der Waals surface area contributed by atoms with Gasteiger partial charge >= 0.3 is 0 Å². The van der Waals surface area contributed by atoms with Crippen LogP contribution in [0.4, 0.5) is 10.1 Å². The molecule has 0 bridgehead atoms. The molecule has 184 valence electrons. The van der Waals surface area contributed by atoms with Crippen molar-refractivity contribution < 1.29 is 4.39 Å². The second-order valence-corrected chi connectivity index (χ2v) is 9.43. The largest absolute Gasteiger partial charge is 0.287 e. The molecule has 0 fully saturated rings. The SMILES string of the molecule is CSc1ncc2nc(-c3ccc(N=C(c4ccccc4)c4ccccc4)c(F)c3)c(=O)n(C(C)C)c2n1. The Morgan fingerprint density at radius 3 is 2.16 bits per heavy atom. The summed E-state index contributed by atoms with van der Waals surface area (Å²) in [5.74, 6) is -0.548.